The number of para-hydroxylation sites is 2. The molecule has 150 valence electrons. The summed E-state index contributed by atoms with van der Waals surface area (Å²) in [5.41, 5.74) is 9.55. The van der Waals surface area contributed by atoms with E-state index in [9.17, 15) is 14.4 Å². The maximum absolute atomic E-state index is 12.4. The van der Waals surface area contributed by atoms with Gasteiger partial charge in [0.15, 0.2) is 0 Å². The molecular formula is C22H19N5O3. The van der Waals surface area contributed by atoms with Crippen molar-refractivity contribution in [2.24, 2.45) is 0 Å². The number of rotatable bonds is 5. The van der Waals surface area contributed by atoms with Crippen LogP contribution in [-0.2, 0) is 6.54 Å². The van der Waals surface area contributed by atoms with Gasteiger partial charge in [-0.1, -0.05) is 24.3 Å². The first kappa shape index (κ1) is 19.0. The number of nitrogens with two attached hydrogens (primary N) is 1. The van der Waals surface area contributed by atoms with Crippen molar-refractivity contribution < 1.29 is 9.59 Å². The number of aromatic nitrogens is 2. The van der Waals surface area contributed by atoms with E-state index in [0.29, 0.717) is 40.1 Å². The summed E-state index contributed by atoms with van der Waals surface area (Å²) >= 11 is 0. The second-order valence-corrected chi connectivity index (χ2v) is 6.76. The summed E-state index contributed by atoms with van der Waals surface area (Å²) < 4.78 is 0. The smallest absolute Gasteiger partial charge is 0.323 e. The van der Waals surface area contributed by atoms with Crippen LogP contribution in [0.4, 0.5) is 11.4 Å². The molecule has 4 rings (SSSR count). The molecule has 0 aliphatic heterocycles. The van der Waals surface area contributed by atoms with Crippen molar-refractivity contribution in [2.75, 3.05) is 11.1 Å². The lowest BCUT2D eigenvalue weighted by atomic mass is 10.1. The first-order chi connectivity index (χ1) is 14.5. The third kappa shape index (κ3) is 4.07. The molecule has 0 atom stereocenters. The van der Waals surface area contributed by atoms with Crippen LogP contribution in [-0.4, -0.2) is 21.8 Å². The molecule has 0 unspecified atom stereocenters. The number of anilines is 2. The van der Waals surface area contributed by atoms with Gasteiger partial charge in [-0.25, -0.2) is 4.79 Å². The lowest BCUT2D eigenvalue weighted by Crippen LogP contribution is -2.22. The van der Waals surface area contributed by atoms with E-state index in [1.807, 2.05) is 0 Å². The van der Waals surface area contributed by atoms with E-state index in [2.05, 4.69) is 20.6 Å². The Morgan fingerprint density at radius 3 is 2.30 bits per heavy atom. The standard InChI is InChI=1S/C22H19N5O3/c23-16-3-1-2-4-17(16)25-21(29)14-7-5-13(6-8-14)12-24-20(28)15-9-10-18-19(11-15)27-22(30)26-18/h1-11H,12,23H2,(H,24,28)(H,25,29)(H2,26,27,30). The minimum absolute atomic E-state index is 0.264. The molecule has 30 heavy (non-hydrogen) atoms. The Morgan fingerprint density at radius 2 is 1.53 bits per heavy atom. The summed E-state index contributed by atoms with van der Waals surface area (Å²) in [6.45, 7) is 0.300. The molecule has 4 aromatic rings. The molecule has 0 radical (unpaired) electrons. The van der Waals surface area contributed by atoms with Crippen LogP contribution >= 0.6 is 0 Å². The van der Waals surface area contributed by atoms with Gasteiger partial charge in [-0.05, 0) is 48.0 Å². The first-order valence-corrected chi connectivity index (χ1v) is 9.24. The van der Waals surface area contributed by atoms with Gasteiger partial charge in [0, 0.05) is 17.7 Å². The average molecular weight is 401 g/mol. The molecular weight excluding hydrogens is 382 g/mol. The van der Waals surface area contributed by atoms with Crippen molar-refractivity contribution in [1.29, 1.82) is 0 Å². The Labute approximate surface area is 171 Å². The monoisotopic (exact) mass is 401 g/mol. The van der Waals surface area contributed by atoms with E-state index in [4.69, 9.17) is 5.73 Å². The Balaban J connectivity index is 1.38. The fourth-order valence-electron chi connectivity index (χ4n) is 3.04. The van der Waals surface area contributed by atoms with Gasteiger partial charge in [0.25, 0.3) is 11.8 Å². The normalized spacial score (nSPS) is 10.7. The summed E-state index contributed by atoms with van der Waals surface area (Å²) in [6, 6.07) is 18.9. The zero-order valence-electron chi connectivity index (χ0n) is 15.9. The van der Waals surface area contributed by atoms with Gasteiger partial charge in [0.2, 0.25) is 0 Å². The highest BCUT2D eigenvalue weighted by Crippen LogP contribution is 2.18. The zero-order chi connectivity index (χ0) is 21.1. The van der Waals surface area contributed by atoms with E-state index in [1.165, 1.54) is 0 Å². The Hall–Kier alpha value is -4.33. The van der Waals surface area contributed by atoms with Crippen molar-refractivity contribution >= 4 is 34.2 Å². The highest BCUT2D eigenvalue weighted by Gasteiger charge is 2.10. The Bertz CT molecular complexity index is 1290. The molecule has 0 bridgehead atoms. The van der Waals surface area contributed by atoms with Crippen LogP contribution in [0.15, 0.2) is 71.5 Å². The minimum Gasteiger partial charge on any atom is -0.397 e. The number of benzene rings is 3. The van der Waals surface area contributed by atoms with E-state index < -0.39 is 0 Å². The second kappa shape index (κ2) is 7.96. The van der Waals surface area contributed by atoms with Crippen molar-refractivity contribution in [1.82, 2.24) is 15.3 Å². The SMILES string of the molecule is Nc1ccccc1NC(=O)c1ccc(CNC(=O)c2ccc3[nH]c(=O)[nH]c3c2)cc1. The number of amides is 2. The van der Waals surface area contributed by atoms with Gasteiger partial charge >= 0.3 is 5.69 Å². The van der Waals surface area contributed by atoms with Crippen molar-refractivity contribution in [2.45, 2.75) is 6.54 Å². The lowest BCUT2D eigenvalue weighted by Gasteiger charge is -2.09. The van der Waals surface area contributed by atoms with Crippen LogP contribution in [0.25, 0.3) is 11.0 Å². The molecule has 0 aliphatic rings. The Morgan fingerprint density at radius 1 is 0.833 bits per heavy atom. The zero-order valence-corrected chi connectivity index (χ0v) is 15.9. The van der Waals surface area contributed by atoms with E-state index in [1.54, 1.807) is 66.7 Å². The van der Waals surface area contributed by atoms with Crippen LogP contribution in [0.1, 0.15) is 26.3 Å². The molecule has 1 aromatic heterocycles. The van der Waals surface area contributed by atoms with Gasteiger partial charge in [0.05, 0.1) is 22.4 Å². The average Bonchev–Trinajstić information content (AvgIpc) is 3.13. The summed E-state index contributed by atoms with van der Waals surface area (Å²) in [5.74, 6) is -0.530. The molecule has 2 amide bonds. The fraction of sp³-hybridized carbons (Fsp3) is 0.0455. The van der Waals surface area contributed by atoms with Crippen LogP contribution in [0.5, 0.6) is 0 Å². The number of carbonyl (C=O) groups is 2. The molecule has 3 aromatic carbocycles. The number of aromatic amines is 2. The number of imidazole rings is 1. The summed E-state index contributed by atoms with van der Waals surface area (Å²) in [4.78, 5) is 41.4. The third-order valence-corrected chi connectivity index (χ3v) is 4.66. The molecule has 8 heteroatoms. The van der Waals surface area contributed by atoms with Gasteiger partial charge in [-0.3, -0.25) is 9.59 Å². The number of fused-ring (bicyclic) bond motifs is 1. The van der Waals surface area contributed by atoms with Crippen molar-refractivity contribution in [3.05, 3.63) is 93.9 Å². The van der Waals surface area contributed by atoms with Gasteiger partial charge in [0.1, 0.15) is 0 Å². The minimum atomic E-state index is -0.318. The van der Waals surface area contributed by atoms with Gasteiger partial charge < -0.3 is 26.3 Å². The molecule has 6 N–H and O–H groups in total. The number of nitrogens with one attached hydrogen (secondary N) is 4. The quantitative estimate of drug-likeness (QED) is 0.329. The van der Waals surface area contributed by atoms with E-state index >= 15 is 0 Å². The fourth-order valence-corrected chi connectivity index (χ4v) is 3.04. The van der Waals surface area contributed by atoms with Crippen LogP contribution < -0.4 is 22.1 Å². The van der Waals surface area contributed by atoms with Crippen molar-refractivity contribution in [3.8, 4) is 0 Å². The van der Waals surface area contributed by atoms with Crippen LogP contribution in [0.2, 0.25) is 0 Å². The first-order valence-electron chi connectivity index (χ1n) is 9.24. The summed E-state index contributed by atoms with van der Waals surface area (Å²) in [7, 11) is 0. The molecule has 0 saturated carbocycles. The Kier molecular flexibility index (Phi) is 5.04. The molecule has 0 spiro atoms. The molecule has 8 nitrogen and oxygen atoms in total. The van der Waals surface area contributed by atoms with Crippen LogP contribution in [0.3, 0.4) is 0 Å². The maximum Gasteiger partial charge on any atom is 0.323 e. The molecule has 0 fully saturated rings. The lowest BCUT2D eigenvalue weighted by molar-refractivity contribution is 0.0950. The predicted molar refractivity (Wildman–Crippen MR) is 115 cm³/mol. The van der Waals surface area contributed by atoms with Gasteiger partial charge in [-0.2, -0.15) is 0 Å². The molecule has 1 heterocycles. The highest BCUT2D eigenvalue weighted by molar-refractivity contribution is 6.05. The predicted octanol–water partition coefficient (Wildman–Crippen LogP) is 2.62. The van der Waals surface area contributed by atoms with E-state index in [-0.39, 0.29) is 17.5 Å². The third-order valence-electron chi connectivity index (χ3n) is 4.66. The topological polar surface area (TPSA) is 133 Å². The second-order valence-electron chi connectivity index (χ2n) is 6.76. The number of hydrogen-bond donors (Lipinski definition) is 5. The van der Waals surface area contributed by atoms with Crippen LogP contribution in [0, 0.1) is 0 Å². The van der Waals surface area contributed by atoms with E-state index in [0.717, 1.165) is 5.56 Å². The number of H-pyrrole nitrogens is 2. The summed E-state index contributed by atoms with van der Waals surface area (Å²) in [6.07, 6.45) is 0. The van der Waals surface area contributed by atoms with Gasteiger partial charge in [-0.15, -0.1) is 0 Å². The number of carbonyl (C=O) groups excluding carboxylic acids is 2. The number of nitrogen functional groups attached to an aromatic ring is 1. The largest absolute Gasteiger partial charge is 0.397 e. The summed E-state index contributed by atoms with van der Waals surface area (Å²) in [5, 5.41) is 5.60. The number of hydrogen-bond acceptors (Lipinski definition) is 4. The van der Waals surface area contributed by atoms with Crippen molar-refractivity contribution in [3.63, 3.8) is 0 Å². The molecule has 0 saturated heterocycles. The maximum atomic E-state index is 12.4. The molecule has 0 aliphatic carbocycles. The highest BCUT2D eigenvalue weighted by atomic mass is 16.2.